The van der Waals surface area contributed by atoms with Crippen molar-refractivity contribution in [3.8, 4) is 5.75 Å². The van der Waals surface area contributed by atoms with E-state index < -0.39 is 11.5 Å². The van der Waals surface area contributed by atoms with Crippen LogP contribution in [0.2, 0.25) is 0 Å². The molecule has 1 aromatic carbocycles. The molecule has 0 fully saturated rings. The van der Waals surface area contributed by atoms with Crippen molar-refractivity contribution in [1.82, 2.24) is 5.32 Å². The second kappa shape index (κ2) is 6.22. The van der Waals surface area contributed by atoms with E-state index in [1.165, 1.54) is 0 Å². The van der Waals surface area contributed by atoms with E-state index in [0.717, 1.165) is 6.42 Å². The summed E-state index contributed by atoms with van der Waals surface area (Å²) in [5.74, 6) is 0.0715. The number of rotatable bonds is 5. The van der Waals surface area contributed by atoms with Crippen LogP contribution in [0.5, 0.6) is 5.75 Å². The highest BCUT2D eigenvalue weighted by atomic mass is 16.5. The molecule has 0 radical (unpaired) electrons. The smallest absolute Gasteiger partial charge is 0.349 e. The van der Waals surface area contributed by atoms with Crippen molar-refractivity contribution in [2.45, 2.75) is 39.7 Å². The molecule has 0 aliphatic rings. The molecule has 0 saturated heterocycles. The van der Waals surface area contributed by atoms with Crippen LogP contribution in [0.25, 0.3) is 11.0 Å². The SMILES string of the molecule is CCOc1cccc2cc(C(=O)NC(C)(C)CC)c(=O)oc12. The van der Waals surface area contributed by atoms with Crippen LogP contribution in [-0.4, -0.2) is 18.1 Å². The van der Waals surface area contributed by atoms with Gasteiger partial charge < -0.3 is 14.5 Å². The van der Waals surface area contributed by atoms with E-state index in [1.54, 1.807) is 24.3 Å². The Kier molecular flexibility index (Phi) is 4.54. The van der Waals surface area contributed by atoms with Crippen LogP contribution in [0.3, 0.4) is 0 Å². The fourth-order valence-corrected chi connectivity index (χ4v) is 2.01. The number of hydrogen-bond donors (Lipinski definition) is 1. The predicted molar refractivity (Wildman–Crippen MR) is 85.5 cm³/mol. The molecule has 0 atom stereocenters. The Bertz CT molecular complexity index is 746. The number of nitrogens with one attached hydrogen (secondary N) is 1. The standard InChI is InChI=1S/C17H21NO4/c1-5-17(3,4)18-15(19)12-10-11-8-7-9-13(21-6-2)14(11)22-16(12)20/h7-10H,5-6H2,1-4H3,(H,18,19). The van der Waals surface area contributed by atoms with Crippen molar-refractivity contribution in [2.75, 3.05) is 6.61 Å². The van der Waals surface area contributed by atoms with Gasteiger partial charge in [0.05, 0.1) is 6.61 Å². The minimum absolute atomic E-state index is 0.00248. The summed E-state index contributed by atoms with van der Waals surface area (Å²) in [6, 6.07) is 6.85. The van der Waals surface area contributed by atoms with Crippen LogP contribution in [0, 0.1) is 0 Å². The minimum Gasteiger partial charge on any atom is -0.490 e. The van der Waals surface area contributed by atoms with Crippen molar-refractivity contribution >= 4 is 16.9 Å². The maximum Gasteiger partial charge on any atom is 0.349 e. The molecule has 0 saturated carbocycles. The molecule has 0 bridgehead atoms. The maximum absolute atomic E-state index is 12.3. The van der Waals surface area contributed by atoms with Crippen molar-refractivity contribution in [3.05, 3.63) is 40.2 Å². The molecule has 0 aliphatic carbocycles. The molecule has 2 rings (SSSR count). The lowest BCUT2D eigenvalue weighted by molar-refractivity contribution is 0.0907. The molecule has 0 spiro atoms. The van der Waals surface area contributed by atoms with Crippen LogP contribution >= 0.6 is 0 Å². The number of carbonyl (C=O) groups is 1. The van der Waals surface area contributed by atoms with E-state index in [0.29, 0.717) is 23.3 Å². The molecule has 0 unspecified atom stereocenters. The molecule has 1 amide bonds. The van der Waals surface area contributed by atoms with E-state index in [2.05, 4.69) is 5.32 Å². The van der Waals surface area contributed by atoms with E-state index in [4.69, 9.17) is 9.15 Å². The highest BCUT2D eigenvalue weighted by molar-refractivity contribution is 5.97. The molecule has 5 nitrogen and oxygen atoms in total. The van der Waals surface area contributed by atoms with Crippen molar-refractivity contribution in [2.24, 2.45) is 0 Å². The first-order chi connectivity index (χ1) is 10.4. The van der Waals surface area contributed by atoms with Gasteiger partial charge in [-0.15, -0.1) is 0 Å². The fourth-order valence-electron chi connectivity index (χ4n) is 2.01. The second-order valence-electron chi connectivity index (χ2n) is 5.75. The number of benzene rings is 1. The summed E-state index contributed by atoms with van der Waals surface area (Å²) in [7, 11) is 0. The summed E-state index contributed by atoms with van der Waals surface area (Å²) < 4.78 is 10.7. The van der Waals surface area contributed by atoms with E-state index in [1.807, 2.05) is 27.7 Å². The molecule has 1 heterocycles. The lowest BCUT2D eigenvalue weighted by Crippen LogP contribution is -2.44. The lowest BCUT2D eigenvalue weighted by atomic mass is 10.0. The summed E-state index contributed by atoms with van der Waals surface area (Å²) in [4.78, 5) is 24.4. The Balaban J connectivity index is 2.47. The molecule has 2 aromatic rings. The van der Waals surface area contributed by atoms with Gasteiger partial charge in [-0.25, -0.2) is 4.79 Å². The fraction of sp³-hybridized carbons (Fsp3) is 0.412. The van der Waals surface area contributed by atoms with E-state index in [9.17, 15) is 9.59 Å². The molecule has 118 valence electrons. The Hall–Kier alpha value is -2.30. The highest BCUT2D eigenvalue weighted by Gasteiger charge is 2.22. The van der Waals surface area contributed by atoms with Crippen LogP contribution in [0.15, 0.2) is 33.5 Å². The van der Waals surface area contributed by atoms with Gasteiger partial charge in [-0.1, -0.05) is 19.1 Å². The number of hydrogen-bond acceptors (Lipinski definition) is 4. The number of fused-ring (bicyclic) bond motifs is 1. The largest absolute Gasteiger partial charge is 0.490 e. The Morgan fingerprint density at radius 1 is 1.32 bits per heavy atom. The van der Waals surface area contributed by atoms with Gasteiger partial charge in [0.1, 0.15) is 5.56 Å². The van der Waals surface area contributed by atoms with Crippen LogP contribution in [0.1, 0.15) is 44.5 Å². The maximum atomic E-state index is 12.3. The lowest BCUT2D eigenvalue weighted by Gasteiger charge is -2.24. The van der Waals surface area contributed by atoms with E-state index in [-0.39, 0.29) is 11.1 Å². The Morgan fingerprint density at radius 2 is 2.05 bits per heavy atom. The summed E-state index contributed by atoms with van der Waals surface area (Å²) >= 11 is 0. The Morgan fingerprint density at radius 3 is 2.68 bits per heavy atom. The average molecular weight is 303 g/mol. The van der Waals surface area contributed by atoms with Crippen molar-refractivity contribution in [1.29, 1.82) is 0 Å². The van der Waals surface area contributed by atoms with Gasteiger partial charge >= 0.3 is 5.63 Å². The zero-order valence-corrected chi connectivity index (χ0v) is 13.4. The zero-order chi connectivity index (χ0) is 16.3. The van der Waals surface area contributed by atoms with Crippen LogP contribution in [-0.2, 0) is 0 Å². The first-order valence-electron chi connectivity index (χ1n) is 7.40. The number of amides is 1. The van der Waals surface area contributed by atoms with E-state index >= 15 is 0 Å². The second-order valence-corrected chi connectivity index (χ2v) is 5.75. The summed E-state index contributed by atoms with van der Waals surface area (Å²) in [5, 5.41) is 3.49. The van der Waals surface area contributed by atoms with Gasteiger partial charge in [0, 0.05) is 10.9 Å². The Labute approximate surface area is 129 Å². The molecular weight excluding hydrogens is 282 g/mol. The zero-order valence-electron chi connectivity index (χ0n) is 13.4. The van der Waals surface area contributed by atoms with Gasteiger partial charge in [-0.2, -0.15) is 0 Å². The molecule has 0 aliphatic heterocycles. The first-order valence-corrected chi connectivity index (χ1v) is 7.40. The third-order valence-electron chi connectivity index (χ3n) is 3.60. The number of carbonyl (C=O) groups excluding carboxylic acids is 1. The van der Waals surface area contributed by atoms with Gasteiger partial charge in [-0.05, 0) is 39.3 Å². The summed E-state index contributed by atoms with van der Waals surface area (Å²) in [6.07, 6.45) is 0.756. The number of ether oxygens (including phenoxy) is 1. The van der Waals surface area contributed by atoms with Crippen molar-refractivity contribution in [3.63, 3.8) is 0 Å². The van der Waals surface area contributed by atoms with Gasteiger partial charge in [0.2, 0.25) is 0 Å². The van der Waals surface area contributed by atoms with Crippen molar-refractivity contribution < 1.29 is 13.9 Å². The molecule has 5 heteroatoms. The summed E-state index contributed by atoms with van der Waals surface area (Å²) in [5.41, 5.74) is -0.682. The van der Waals surface area contributed by atoms with Gasteiger partial charge in [0.15, 0.2) is 11.3 Å². The predicted octanol–water partition coefficient (Wildman–Crippen LogP) is 3.11. The van der Waals surface area contributed by atoms with Gasteiger partial charge in [0.25, 0.3) is 5.91 Å². The minimum atomic E-state index is -0.663. The quantitative estimate of drug-likeness (QED) is 0.862. The molecule has 1 aromatic heterocycles. The number of para-hydroxylation sites is 1. The topological polar surface area (TPSA) is 68.5 Å². The average Bonchev–Trinajstić information content (AvgIpc) is 2.47. The third-order valence-corrected chi connectivity index (χ3v) is 3.60. The molecular formula is C17H21NO4. The van der Waals surface area contributed by atoms with Crippen LogP contribution in [0.4, 0.5) is 0 Å². The highest BCUT2D eigenvalue weighted by Crippen LogP contribution is 2.25. The van der Waals surface area contributed by atoms with Crippen LogP contribution < -0.4 is 15.7 Å². The molecule has 22 heavy (non-hydrogen) atoms. The molecule has 1 N–H and O–H groups in total. The normalized spacial score (nSPS) is 11.5. The monoisotopic (exact) mass is 303 g/mol. The third kappa shape index (κ3) is 3.30. The first kappa shape index (κ1) is 16.1. The summed E-state index contributed by atoms with van der Waals surface area (Å²) in [6.45, 7) is 8.10. The van der Waals surface area contributed by atoms with Gasteiger partial charge in [-0.3, -0.25) is 4.79 Å².